The summed E-state index contributed by atoms with van der Waals surface area (Å²) in [5, 5.41) is 7.00. The van der Waals surface area contributed by atoms with E-state index in [0.717, 1.165) is 19.3 Å². The molecule has 0 atom stereocenters. The fourth-order valence-corrected chi connectivity index (χ4v) is 0.804. The minimum atomic E-state index is -0.595. The molecule has 86 valence electrons. The molecule has 0 unspecified atom stereocenters. The van der Waals surface area contributed by atoms with Crippen molar-refractivity contribution >= 4 is 17.9 Å². The highest BCUT2D eigenvalue weighted by atomic mass is 16.5. The molecule has 3 N–H and O–H groups in total. The van der Waals surface area contributed by atoms with Crippen LogP contribution in [-0.2, 0) is 9.59 Å². The number of aliphatic hydroxyl groups is 1. The van der Waals surface area contributed by atoms with Crippen LogP contribution in [0.25, 0.3) is 0 Å². The molecular weight excluding hydrogens is 210 g/mol. The maximum atomic E-state index is 11.0. The number of esters is 1. The summed E-state index contributed by atoms with van der Waals surface area (Å²) >= 11 is 0. The molecule has 5 nitrogen and oxygen atoms in total. The smallest absolute Gasteiger partial charge is 0.336 e. The zero-order valence-corrected chi connectivity index (χ0v) is 8.79. The molecular formula is C11H13NO4. The Hall–Kier alpha value is -2.14. The van der Waals surface area contributed by atoms with Gasteiger partial charge in [0.05, 0.1) is 0 Å². The first-order valence-electron chi connectivity index (χ1n) is 4.36. The Labute approximate surface area is 93.1 Å². The van der Waals surface area contributed by atoms with E-state index < -0.39 is 5.97 Å². The van der Waals surface area contributed by atoms with Crippen LogP contribution < -0.4 is 10.5 Å². The minimum absolute atomic E-state index is 0.389. The number of nitrogens with two attached hydrogens (primary N) is 1. The summed E-state index contributed by atoms with van der Waals surface area (Å²) in [6.07, 6.45) is 2.62. The van der Waals surface area contributed by atoms with E-state index in [1.54, 1.807) is 24.3 Å². The van der Waals surface area contributed by atoms with Crippen molar-refractivity contribution in [3.63, 3.8) is 0 Å². The summed E-state index contributed by atoms with van der Waals surface area (Å²) in [6.45, 7) is 0. The number of hydrogen-bond acceptors (Lipinski definition) is 5. The Morgan fingerprint density at radius 2 is 1.88 bits per heavy atom. The Bertz CT molecular complexity index is 357. The van der Waals surface area contributed by atoms with E-state index in [0.29, 0.717) is 17.7 Å². The van der Waals surface area contributed by atoms with E-state index in [1.807, 2.05) is 0 Å². The molecule has 1 aromatic rings. The van der Waals surface area contributed by atoms with Crippen molar-refractivity contribution in [1.82, 2.24) is 0 Å². The number of aliphatic hydroxyl groups excluding tert-OH is 1. The van der Waals surface area contributed by atoms with Gasteiger partial charge in [0, 0.05) is 18.9 Å². The van der Waals surface area contributed by atoms with Crippen molar-refractivity contribution in [3.05, 3.63) is 36.4 Å². The van der Waals surface area contributed by atoms with Crippen molar-refractivity contribution < 1.29 is 19.4 Å². The van der Waals surface area contributed by atoms with Crippen LogP contribution in [0.2, 0.25) is 0 Å². The summed E-state index contributed by atoms with van der Waals surface area (Å²) in [5.74, 6) is -0.207. The summed E-state index contributed by atoms with van der Waals surface area (Å²) in [6, 6.07) is 6.38. The topological polar surface area (TPSA) is 89.6 Å². The van der Waals surface area contributed by atoms with Gasteiger partial charge in [0.2, 0.25) is 0 Å². The van der Waals surface area contributed by atoms with E-state index in [2.05, 4.69) is 0 Å². The lowest BCUT2D eigenvalue weighted by molar-refractivity contribution is -0.129. The van der Waals surface area contributed by atoms with Gasteiger partial charge in [-0.2, -0.15) is 0 Å². The number of ether oxygens (including phenoxy) is 1. The van der Waals surface area contributed by atoms with Crippen molar-refractivity contribution in [2.45, 2.75) is 0 Å². The number of allylic oxidation sites excluding steroid dienone is 1. The molecule has 0 amide bonds. The molecule has 0 saturated carbocycles. The average Bonchev–Trinajstić information content (AvgIpc) is 2.32. The maximum absolute atomic E-state index is 11.0. The maximum Gasteiger partial charge on any atom is 0.336 e. The lowest BCUT2D eigenvalue weighted by Crippen LogP contribution is -2.03. The molecule has 1 rings (SSSR count). The third-order valence-electron chi connectivity index (χ3n) is 1.41. The highest BCUT2D eigenvalue weighted by Crippen LogP contribution is 2.13. The van der Waals surface area contributed by atoms with Gasteiger partial charge in [-0.15, -0.1) is 0 Å². The quantitative estimate of drug-likeness (QED) is 0.256. The summed E-state index contributed by atoms with van der Waals surface area (Å²) in [7, 11) is 1.00. The first-order valence-corrected chi connectivity index (χ1v) is 4.36. The first-order chi connectivity index (χ1) is 7.72. The van der Waals surface area contributed by atoms with Crippen molar-refractivity contribution in [3.8, 4) is 5.75 Å². The summed E-state index contributed by atoms with van der Waals surface area (Å²) < 4.78 is 4.83. The Balaban J connectivity index is 0.00000106. The standard InChI is InChI=1S/C10H9NO3.CH4O/c11-8-3-5-9(6-4-8)14-10(13)2-1-7-12;1-2/h1-7H,11H2;2H,1H3/b2-1-;. The molecule has 0 bridgehead atoms. The van der Waals surface area contributed by atoms with E-state index in [-0.39, 0.29) is 0 Å². The van der Waals surface area contributed by atoms with Crippen molar-refractivity contribution in [2.24, 2.45) is 0 Å². The number of carbonyl (C=O) groups excluding carboxylic acids is 2. The molecule has 0 fully saturated rings. The van der Waals surface area contributed by atoms with Gasteiger partial charge in [-0.05, 0) is 30.3 Å². The SMILES string of the molecule is CO.Nc1ccc(OC(=O)/C=C\C=O)cc1. The molecule has 0 aliphatic heterocycles. The van der Waals surface area contributed by atoms with Gasteiger partial charge >= 0.3 is 5.97 Å². The highest BCUT2D eigenvalue weighted by molar-refractivity contribution is 5.88. The van der Waals surface area contributed by atoms with Crippen LogP contribution in [0, 0.1) is 0 Å². The van der Waals surface area contributed by atoms with Crippen molar-refractivity contribution in [1.29, 1.82) is 0 Å². The second-order valence-corrected chi connectivity index (χ2v) is 2.49. The molecule has 1 aromatic carbocycles. The monoisotopic (exact) mass is 223 g/mol. The Morgan fingerprint density at radius 3 is 2.38 bits per heavy atom. The molecule has 0 spiro atoms. The predicted octanol–water partition coefficient (Wildman–Crippen LogP) is 0.538. The third kappa shape index (κ3) is 5.56. The average molecular weight is 223 g/mol. The van der Waals surface area contributed by atoms with Crippen LogP contribution in [0.4, 0.5) is 5.69 Å². The van der Waals surface area contributed by atoms with Gasteiger partial charge < -0.3 is 15.6 Å². The molecule has 0 saturated heterocycles. The fraction of sp³-hybridized carbons (Fsp3) is 0.0909. The second-order valence-electron chi connectivity index (χ2n) is 2.49. The largest absolute Gasteiger partial charge is 0.423 e. The third-order valence-corrected chi connectivity index (χ3v) is 1.41. The number of aldehydes is 1. The van der Waals surface area contributed by atoms with E-state index in [1.165, 1.54) is 0 Å². The highest BCUT2D eigenvalue weighted by Gasteiger charge is 1.98. The zero-order chi connectivity index (χ0) is 12.4. The van der Waals surface area contributed by atoms with Gasteiger partial charge in [-0.25, -0.2) is 4.79 Å². The zero-order valence-electron chi connectivity index (χ0n) is 8.79. The van der Waals surface area contributed by atoms with Crippen LogP contribution in [0.5, 0.6) is 5.75 Å². The Kier molecular flexibility index (Phi) is 7.10. The first kappa shape index (κ1) is 13.9. The number of nitrogen functional groups attached to an aromatic ring is 1. The molecule has 0 aliphatic carbocycles. The van der Waals surface area contributed by atoms with E-state index in [9.17, 15) is 9.59 Å². The number of hydrogen-bond donors (Lipinski definition) is 2. The van der Waals surface area contributed by atoms with Gasteiger partial charge in [0.25, 0.3) is 0 Å². The van der Waals surface area contributed by atoms with Gasteiger partial charge in [-0.3, -0.25) is 4.79 Å². The number of rotatable bonds is 3. The van der Waals surface area contributed by atoms with Crippen LogP contribution in [0.1, 0.15) is 0 Å². The summed E-state index contributed by atoms with van der Waals surface area (Å²) in [4.78, 5) is 20.9. The van der Waals surface area contributed by atoms with Crippen LogP contribution in [-0.4, -0.2) is 24.5 Å². The minimum Gasteiger partial charge on any atom is -0.423 e. The second kappa shape index (κ2) is 8.19. The Morgan fingerprint density at radius 1 is 1.31 bits per heavy atom. The molecule has 0 aromatic heterocycles. The lowest BCUT2D eigenvalue weighted by Gasteiger charge is -2.00. The lowest BCUT2D eigenvalue weighted by atomic mass is 10.3. The van der Waals surface area contributed by atoms with Crippen molar-refractivity contribution in [2.75, 3.05) is 12.8 Å². The molecule has 16 heavy (non-hydrogen) atoms. The van der Waals surface area contributed by atoms with Gasteiger partial charge in [-0.1, -0.05) is 0 Å². The molecule has 5 heteroatoms. The van der Waals surface area contributed by atoms with E-state index >= 15 is 0 Å². The molecule has 0 aliphatic rings. The van der Waals surface area contributed by atoms with Crippen LogP contribution in [0.3, 0.4) is 0 Å². The number of benzene rings is 1. The van der Waals surface area contributed by atoms with Crippen LogP contribution >= 0.6 is 0 Å². The molecule has 0 heterocycles. The molecule has 0 radical (unpaired) electrons. The predicted molar refractivity (Wildman–Crippen MR) is 59.8 cm³/mol. The van der Waals surface area contributed by atoms with E-state index in [4.69, 9.17) is 15.6 Å². The number of carbonyl (C=O) groups is 2. The van der Waals surface area contributed by atoms with Gasteiger partial charge in [0.1, 0.15) is 12.0 Å². The fourth-order valence-electron chi connectivity index (χ4n) is 0.804. The normalized spacial score (nSPS) is 9.12. The summed E-state index contributed by atoms with van der Waals surface area (Å²) in [5.41, 5.74) is 6.03. The number of anilines is 1. The van der Waals surface area contributed by atoms with Gasteiger partial charge in [0.15, 0.2) is 0 Å². The van der Waals surface area contributed by atoms with Crippen LogP contribution in [0.15, 0.2) is 36.4 Å².